The molecule has 0 bridgehead atoms. The summed E-state index contributed by atoms with van der Waals surface area (Å²) in [5.41, 5.74) is 1.07. The van der Waals surface area contributed by atoms with Gasteiger partial charge in [-0.3, -0.25) is 4.90 Å². The molecule has 2 nitrogen and oxygen atoms in total. The van der Waals surface area contributed by atoms with Crippen molar-refractivity contribution in [1.29, 1.82) is 5.26 Å². The van der Waals surface area contributed by atoms with Crippen LogP contribution < -0.4 is 0 Å². The molecule has 17 heavy (non-hydrogen) atoms. The molecule has 1 aromatic carbocycles. The summed E-state index contributed by atoms with van der Waals surface area (Å²) in [4.78, 5) is 2.27. The summed E-state index contributed by atoms with van der Waals surface area (Å²) in [6.07, 6.45) is 0. The van der Waals surface area contributed by atoms with Gasteiger partial charge in [-0.15, -0.1) is 0 Å². The second-order valence-electron chi connectivity index (χ2n) is 4.33. The Hall–Kier alpha value is -1.05. The third kappa shape index (κ3) is 3.21. The van der Waals surface area contributed by atoms with Crippen LogP contribution in [0.15, 0.2) is 18.2 Å². The van der Waals surface area contributed by atoms with Crippen molar-refractivity contribution in [2.24, 2.45) is 0 Å². The molecule has 0 aromatic heterocycles. The minimum atomic E-state index is -0.269. The Labute approximate surface area is 105 Å². The van der Waals surface area contributed by atoms with Gasteiger partial charge in [0.05, 0.1) is 11.6 Å². The van der Waals surface area contributed by atoms with Crippen molar-refractivity contribution >= 4 is 11.8 Å². The van der Waals surface area contributed by atoms with Gasteiger partial charge in [0.15, 0.2) is 0 Å². The topological polar surface area (TPSA) is 27.0 Å². The summed E-state index contributed by atoms with van der Waals surface area (Å²) in [6.45, 7) is 4.85. The first-order valence-electron chi connectivity index (χ1n) is 5.71. The van der Waals surface area contributed by atoms with Crippen molar-refractivity contribution in [2.75, 3.05) is 18.8 Å². The molecule has 1 aromatic rings. The molecular weight excluding hydrogens is 235 g/mol. The van der Waals surface area contributed by atoms with E-state index in [-0.39, 0.29) is 5.82 Å². The van der Waals surface area contributed by atoms with Crippen molar-refractivity contribution in [1.82, 2.24) is 4.90 Å². The number of thioether (sulfide) groups is 1. The number of benzene rings is 1. The lowest BCUT2D eigenvalue weighted by molar-refractivity contribution is 0.274. The van der Waals surface area contributed by atoms with Crippen molar-refractivity contribution in [3.8, 4) is 6.07 Å². The second kappa shape index (κ2) is 5.52. The zero-order valence-electron chi connectivity index (χ0n) is 9.82. The van der Waals surface area contributed by atoms with E-state index in [4.69, 9.17) is 5.26 Å². The molecule has 1 fully saturated rings. The van der Waals surface area contributed by atoms with Crippen molar-refractivity contribution in [3.63, 3.8) is 0 Å². The Morgan fingerprint density at radius 3 is 3.06 bits per heavy atom. The van der Waals surface area contributed by atoms with Gasteiger partial charge in [0.1, 0.15) is 5.82 Å². The number of nitriles is 1. The predicted molar refractivity (Wildman–Crippen MR) is 68.3 cm³/mol. The van der Waals surface area contributed by atoms with Crippen LogP contribution in [0.3, 0.4) is 0 Å². The largest absolute Gasteiger partial charge is 0.297 e. The monoisotopic (exact) mass is 250 g/mol. The third-order valence-corrected chi connectivity index (χ3v) is 4.04. The summed E-state index contributed by atoms with van der Waals surface area (Å²) in [6, 6.07) is 6.67. The Bertz CT molecular complexity index is 442. The molecular formula is C13H15FN2S. The van der Waals surface area contributed by atoms with Gasteiger partial charge in [0, 0.05) is 36.2 Å². The summed E-state index contributed by atoms with van der Waals surface area (Å²) in [7, 11) is 0. The van der Waals surface area contributed by atoms with Gasteiger partial charge in [-0.25, -0.2) is 4.39 Å². The lowest BCUT2D eigenvalue weighted by Crippen LogP contribution is -2.36. The van der Waals surface area contributed by atoms with E-state index >= 15 is 0 Å². The van der Waals surface area contributed by atoms with Crippen LogP contribution in [0.25, 0.3) is 0 Å². The zero-order valence-corrected chi connectivity index (χ0v) is 10.6. The SMILES string of the molecule is CC1CN(Cc2ccc(C#N)cc2F)CCS1. The highest BCUT2D eigenvalue weighted by Gasteiger charge is 2.17. The van der Waals surface area contributed by atoms with E-state index < -0.39 is 0 Å². The average molecular weight is 250 g/mol. The standard InChI is InChI=1S/C13H15FN2S/c1-10-8-16(4-5-17-10)9-12-3-2-11(7-15)6-13(12)14/h2-3,6,10H,4-5,8-9H2,1H3. The van der Waals surface area contributed by atoms with Crippen molar-refractivity contribution in [2.45, 2.75) is 18.7 Å². The van der Waals surface area contributed by atoms with Crippen LogP contribution in [-0.2, 0) is 6.54 Å². The summed E-state index contributed by atoms with van der Waals surface area (Å²) >= 11 is 1.96. The second-order valence-corrected chi connectivity index (χ2v) is 5.88. The van der Waals surface area contributed by atoms with E-state index in [1.165, 1.54) is 6.07 Å². The summed E-state index contributed by atoms with van der Waals surface area (Å²) in [5.74, 6) is 0.842. The molecule has 0 aliphatic carbocycles. The number of halogens is 1. The lowest BCUT2D eigenvalue weighted by Gasteiger charge is -2.30. The van der Waals surface area contributed by atoms with Gasteiger partial charge in [0.2, 0.25) is 0 Å². The smallest absolute Gasteiger partial charge is 0.129 e. The molecule has 0 radical (unpaired) electrons. The normalized spacial score (nSPS) is 21.1. The van der Waals surface area contributed by atoms with Crippen LogP contribution in [0.4, 0.5) is 4.39 Å². The first-order valence-corrected chi connectivity index (χ1v) is 6.76. The molecule has 0 N–H and O–H groups in total. The average Bonchev–Trinajstić information content (AvgIpc) is 2.32. The Morgan fingerprint density at radius 2 is 2.41 bits per heavy atom. The highest BCUT2D eigenvalue weighted by Crippen LogP contribution is 2.20. The Balaban J connectivity index is 2.06. The minimum Gasteiger partial charge on any atom is -0.297 e. The van der Waals surface area contributed by atoms with E-state index in [0.29, 0.717) is 22.9 Å². The first kappa shape index (κ1) is 12.4. The van der Waals surface area contributed by atoms with Crippen LogP contribution in [0, 0.1) is 17.1 Å². The van der Waals surface area contributed by atoms with Crippen LogP contribution in [0.5, 0.6) is 0 Å². The van der Waals surface area contributed by atoms with Crippen molar-refractivity contribution in [3.05, 3.63) is 35.1 Å². The van der Waals surface area contributed by atoms with Crippen LogP contribution in [-0.4, -0.2) is 29.0 Å². The molecule has 0 saturated carbocycles. The molecule has 90 valence electrons. The predicted octanol–water partition coefficient (Wildman–Crippen LogP) is 2.63. The van der Waals surface area contributed by atoms with E-state index in [1.54, 1.807) is 12.1 Å². The molecule has 4 heteroatoms. The quantitative estimate of drug-likeness (QED) is 0.807. The molecule has 1 aliphatic heterocycles. The van der Waals surface area contributed by atoms with Crippen molar-refractivity contribution < 1.29 is 4.39 Å². The van der Waals surface area contributed by atoms with Gasteiger partial charge in [0.25, 0.3) is 0 Å². The van der Waals surface area contributed by atoms with Gasteiger partial charge >= 0.3 is 0 Å². The zero-order chi connectivity index (χ0) is 12.3. The Morgan fingerprint density at radius 1 is 1.59 bits per heavy atom. The van der Waals surface area contributed by atoms with Gasteiger partial charge in [-0.2, -0.15) is 17.0 Å². The van der Waals surface area contributed by atoms with Gasteiger partial charge in [-0.1, -0.05) is 13.0 Å². The number of hydrogen-bond donors (Lipinski definition) is 0. The molecule has 1 heterocycles. The van der Waals surface area contributed by atoms with Crippen LogP contribution >= 0.6 is 11.8 Å². The fourth-order valence-corrected chi connectivity index (χ4v) is 3.10. The molecule has 1 unspecified atom stereocenters. The third-order valence-electron chi connectivity index (χ3n) is 2.90. The molecule has 0 spiro atoms. The molecule has 0 amide bonds. The van der Waals surface area contributed by atoms with E-state index in [9.17, 15) is 4.39 Å². The fraction of sp³-hybridized carbons (Fsp3) is 0.462. The van der Waals surface area contributed by atoms with E-state index in [1.807, 2.05) is 17.8 Å². The first-order chi connectivity index (χ1) is 8.19. The lowest BCUT2D eigenvalue weighted by atomic mass is 10.1. The summed E-state index contributed by atoms with van der Waals surface area (Å²) in [5, 5.41) is 9.30. The molecule has 1 saturated heterocycles. The molecule has 2 rings (SSSR count). The van der Waals surface area contributed by atoms with Crippen LogP contribution in [0.2, 0.25) is 0 Å². The highest BCUT2D eigenvalue weighted by atomic mass is 32.2. The van der Waals surface area contributed by atoms with Crippen LogP contribution in [0.1, 0.15) is 18.1 Å². The maximum atomic E-state index is 13.7. The fourth-order valence-electron chi connectivity index (χ4n) is 2.02. The van der Waals surface area contributed by atoms with Gasteiger partial charge in [-0.05, 0) is 12.1 Å². The number of rotatable bonds is 2. The van der Waals surface area contributed by atoms with E-state index in [0.717, 1.165) is 18.8 Å². The summed E-state index contributed by atoms with van der Waals surface area (Å²) < 4.78 is 13.7. The number of nitrogens with zero attached hydrogens (tertiary/aromatic N) is 2. The molecule has 1 aliphatic rings. The maximum Gasteiger partial charge on any atom is 0.129 e. The van der Waals surface area contributed by atoms with Gasteiger partial charge < -0.3 is 0 Å². The number of hydrogen-bond acceptors (Lipinski definition) is 3. The molecule has 1 atom stereocenters. The maximum absolute atomic E-state index is 13.7. The highest BCUT2D eigenvalue weighted by molar-refractivity contribution is 7.99. The van der Waals surface area contributed by atoms with E-state index in [2.05, 4.69) is 11.8 Å². The Kier molecular flexibility index (Phi) is 4.03. The minimum absolute atomic E-state index is 0.269.